The monoisotopic (exact) mass is 262 g/mol. The van der Waals surface area contributed by atoms with Crippen LogP contribution in [0.5, 0.6) is 0 Å². The molecule has 0 spiro atoms. The lowest BCUT2D eigenvalue weighted by molar-refractivity contribution is -0.116. The average molecular weight is 262 g/mol. The Balaban J connectivity index is 1.73. The summed E-state index contributed by atoms with van der Waals surface area (Å²) in [5.41, 5.74) is 6.92. The smallest absolute Gasteiger partial charge is 0.317 e. The van der Waals surface area contributed by atoms with Gasteiger partial charge in [-0.2, -0.15) is 0 Å². The maximum atomic E-state index is 11.7. The lowest BCUT2D eigenvalue weighted by Gasteiger charge is -2.13. The minimum absolute atomic E-state index is 0.0484. The number of nitrogen functional groups attached to an aromatic ring is 1. The molecule has 1 aromatic carbocycles. The summed E-state index contributed by atoms with van der Waals surface area (Å²) >= 11 is 0. The first-order chi connectivity index (χ1) is 9.16. The van der Waals surface area contributed by atoms with Gasteiger partial charge < -0.3 is 21.3 Å². The molecule has 0 radical (unpaired) electrons. The molecular formula is C13H18N4O2. The van der Waals surface area contributed by atoms with E-state index in [0.29, 0.717) is 43.9 Å². The fraction of sp³-hybridized carbons (Fsp3) is 0.385. The van der Waals surface area contributed by atoms with Gasteiger partial charge in [-0.05, 0) is 18.6 Å². The Bertz CT molecular complexity index is 475. The zero-order valence-electron chi connectivity index (χ0n) is 10.7. The first kappa shape index (κ1) is 13.2. The number of hydrogen-bond acceptors (Lipinski definition) is 3. The van der Waals surface area contributed by atoms with E-state index in [1.165, 1.54) is 0 Å². The molecule has 6 nitrogen and oxygen atoms in total. The molecule has 1 fully saturated rings. The number of nitrogens with zero attached hydrogens (tertiary/aromatic N) is 1. The Morgan fingerprint density at radius 3 is 2.89 bits per heavy atom. The number of benzene rings is 1. The van der Waals surface area contributed by atoms with Gasteiger partial charge in [0, 0.05) is 26.1 Å². The van der Waals surface area contributed by atoms with E-state index in [4.69, 9.17) is 5.73 Å². The fourth-order valence-electron chi connectivity index (χ4n) is 1.98. The molecule has 0 aromatic heterocycles. The number of amides is 3. The lowest BCUT2D eigenvalue weighted by atomic mass is 10.2. The molecule has 2 rings (SSSR count). The SMILES string of the molecule is Nc1ccccc1NC(=O)CCCN1CCNC1=O. The van der Waals surface area contributed by atoms with Crippen molar-refractivity contribution in [1.82, 2.24) is 10.2 Å². The number of rotatable bonds is 5. The number of hydrogen-bond donors (Lipinski definition) is 3. The predicted octanol–water partition coefficient (Wildman–Crippen LogP) is 1.01. The van der Waals surface area contributed by atoms with E-state index in [-0.39, 0.29) is 11.9 Å². The van der Waals surface area contributed by atoms with E-state index >= 15 is 0 Å². The largest absolute Gasteiger partial charge is 0.397 e. The molecule has 0 saturated carbocycles. The quantitative estimate of drug-likeness (QED) is 0.692. The second-order valence-corrected chi connectivity index (χ2v) is 4.46. The summed E-state index contributed by atoms with van der Waals surface area (Å²) in [5, 5.41) is 5.49. The van der Waals surface area contributed by atoms with Crippen molar-refractivity contribution >= 4 is 23.3 Å². The molecule has 1 aliphatic heterocycles. The van der Waals surface area contributed by atoms with Crippen molar-refractivity contribution in [3.8, 4) is 0 Å². The van der Waals surface area contributed by atoms with E-state index in [2.05, 4.69) is 10.6 Å². The molecule has 1 aliphatic rings. The molecule has 0 aliphatic carbocycles. The molecule has 1 heterocycles. The van der Waals surface area contributed by atoms with Gasteiger partial charge in [-0.3, -0.25) is 4.79 Å². The zero-order valence-corrected chi connectivity index (χ0v) is 10.7. The summed E-state index contributed by atoms with van der Waals surface area (Å²) in [6, 6.07) is 7.09. The highest BCUT2D eigenvalue weighted by atomic mass is 16.2. The van der Waals surface area contributed by atoms with Crippen molar-refractivity contribution in [1.29, 1.82) is 0 Å². The van der Waals surface area contributed by atoms with E-state index in [1.807, 2.05) is 12.1 Å². The molecule has 1 saturated heterocycles. The molecule has 4 N–H and O–H groups in total. The van der Waals surface area contributed by atoms with Gasteiger partial charge in [-0.1, -0.05) is 12.1 Å². The molecular weight excluding hydrogens is 244 g/mol. The van der Waals surface area contributed by atoms with Crippen molar-refractivity contribution in [2.45, 2.75) is 12.8 Å². The molecule has 19 heavy (non-hydrogen) atoms. The Morgan fingerprint density at radius 2 is 2.21 bits per heavy atom. The van der Waals surface area contributed by atoms with Crippen molar-refractivity contribution < 1.29 is 9.59 Å². The van der Waals surface area contributed by atoms with Crippen LogP contribution < -0.4 is 16.4 Å². The molecule has 3 amide bonds. The Morgan fingerprint density at radius 1 is 1.42 bits per heavy atom. The van der Waals surface area contributed by atoms with Crippen molar-refractivity contribution in [2.24, 2.45) is 0 Å². The number of nitrogens with one attached hydrogen (secondary N) is 2. The van der Waals surface area contributed by atoms with Crippen molar-refractivity contribution in [3.63, 3.8) is 0 Å². The molecule has 1 aromatic rings. The van der Waals surface area contributed by atoms with Gasteiger partial charge in [-0.25, -0.2) is 4.79 Å². The van der Waals surface area contributed by atoms with Gasteiger partial charge in [0.1, 0.15) is 0 Å². The Labute approximate surface area is 112 Å². The summed E-state index contributed by atoms with van der Waals surface area (Å²) in [6.45, 7) is 2.00. The topological polar surface area (TPSA) is 87.5 Å². The van der Waals surface area contributed by atoms with Crippen LogP contribution in [0.4, 0.5) is 16.2 Å². The van der Waals surface area contributed by atoms with Gasteiger partial charge in [0.2, 0.25) is 5.91 Å². The summed E-state index contributed by atoms with van der Waals surface area (Å²) < 4.78 is 0. The van der Waals surface area contributed by atoms with Gasteiger partial charge in [0.25, 0.3) is 0 Å². The number of para-hydroxylation sites is 2. The second kappa shape index (κ2) is 6.08. The van der Waals surface area contributed by atoms with Crippen LogP contribution in [0.2, 0.25) is 0 Å². The number of anilines is 2. The van der Waals surface area contributed by atoms with Gasteiger partial charge >= 0.3 is 6.03 Å². The minimum Gasteiger partial charge on any atom is -0.397 e. The number of nitrogens with two attached hydrogens (primary N) is 1. The van der Waals surface area contributed by atoms with Gasteiger partial charge in [0.05, 0.1) is 11.4 Å². The Kier molecular flexibility index (Phi) is 4.22. The number of carbonyl (C=O) groups is 2. The third kappa shape index (κ3) is 3.61. The third-order valence-corrected chi connectivity index (χ3v) is 3.01. The van der Waals surface area contributed by atoms with Crippen LogP contribution in [-0.2, 0) is 4.79 Å². The fourth-order valence-corrected chi connectivity index (χ4v) is 1.98. The van der Waals surface area contributed by atoms with Crippen molar-refractivity contribution in [2.75, 3.05) is 30.7 Å². The lowest BCUT2D eigenvalue weighted by Crippen LogP contribution is -2.29. The normalized spacial score (nSPS) is 14.3. The third-order valence-electron chi connectivity index (χ3n) is 3.01. The van der Waals surface area contributed by atoms with Gasteiger partial charge in [-0.15, -0.1) is 0 Å². The molecule has 0 atom stereocenters. The molecule has 0 unspecified atom stereocenters. The molecule has 0 bridgehead atoms. The molecule has 6 heteroatoms. The maximum absolute atomic E-state index is 11.7. The van der Waals surface area contributed by atoms with E-state index in [0.717, 1.165) is 0 Å². The van der Waals surface area contributed by atoms with Crippen LogP contribution in [0.15, 0.2) is 24.3 Å². The van der Waals surface area contributed by atoms with Crippen LogP contribution in [-0.4, -0.2) is 36.5 Å². The first-order valence-electron chi connectivity index (χ1n) is 6.34. The van der Waals surface area contributed by atoms with Crippen LogP contribution in [0.25, 0.3) is 0 Å². The van der Waals surface area contributed by atoms with Crippen molar-refractivity contribution in [3.05, 3.63) is 24.3 Å². The van der Waals surface area contributed by atoms with E-state index in [9.17, 15) is 9.59 Å². The Hall–Kier alpha value is -2.24. The van der Waals surface area contributed by atoms with Gasteiger partial charge in [0.15, 0.2) is 0 Å². The summed E-state index contributed by atoms with van der Waals surface area (Å²) in [6.07, 6.45) is 1.02. The first-order valence-corrected chi connectivity index (χ1v) is 6.34. The highest BCUT2D eigenvalue weighted by Gasteiger charge is 2.18. The number of carbonyl (C=O) groups excluding carboxylic acids is 2. The minimum atomic E-state index is -0.0856. The summed E-state index contributed by atoms with van der Waals surface area (Å²) in [7, 11) is 0. The standard InChI is InChI=1S/C13H18N4O2/c14-10-4-1-2-5-11(10)16-12(18)6-3-8-17-9-7-15-13(17)19/h1-2,4-5H,3,6-9,14H2,(H,15,19)(H,16,18). The van der Waals surface area contributed by atoms with E-state index < -0.39 is 0 Å². The average Bonchev–Trinajstić information content (AvgIpc) is 2.78. The van der Waals surface area contributed by atoms with Crippen LogP contribution in [0.3, 0.4) is 0 Å². The van der Waals surface area contributed by atoms with E-state index in [1.54, 1.807) is 17.0 Å². The van der Waals surface area contributed by atoms with Crippen LogP contribution >= 0.6 is 0 Å². The van der Waals surface area contributed by atoms with Crippen LogP contribution in [0.1, 0.15) is 12.8 Å². The summed E-state index contributed by atoms with van der Waals surface area (Å²) in [4.78, 5) is 24.7. The number of urea groups is 1. The van der Waals surface area contributed by atoms with Crippen LogP contribution in [0, 0.1) is 0 Å². The highest BCUT2D eigenvalue weighted by Crippen LogP contribution is 2.17. The predicted molar refractivity (Wildman–Crippen MR) is 73.7 cm³/mol. The second-order valence-electron chi connectivity index (χ2n) is 4.46. The summed E-state index contributed by atoms with van der Waals surface area (Å²) in [5.74, 6) is -0.0856. The highest BCUT2D eigenvalue weighted by molar-refractivity contribution is 5.93. The maximum Gasteiger partial charge on any atom is 0.317 e. The zero-order chi connectivity index (χ0) is 13.7. The molecule has 102 valence electrons.